The van der Waals surface area contributed by atoms with Gasteiger partial charge in [-0.3, -0.25) is 9.59 Å². The lowest BCUT2D eigenvalue weighted by Crippen LogP contribution is -2.39. The standard InChI is InChI=1S/C23H23FN4O5S/c1-3-32-18(29)12-33-17-10-4-14(5-11-17)19(30)20-21(25)27-23(34-20)28(13(2)22(26)31)16-8-6-15(24)7-9-16/h4-11,13H,3,12,25H2,1-2H3,(H2,26,31)/t13-/m0/s1. The summed E-state index contributed by atoms with van der Waals surface area (Å²) < 4.78 is 23.5. The third-order valence-electron chi connectivity index (χ3n) is 4.74. The van der Waals surface area contributed by atoms with Gasteiger partial charge in [-0.05, 0) is 62.4 Å². The highest BCUT2D eigenvalue weighted by atomic mass is 32.1. The zero-order valence-electron chi connectivity index (χ0n) is 18.5. The lowest BCUT2D eigenvalue weighted by Gasteiger charge is -2.26. The summed E-state index contributed by atoms with van der Waals surface area (Å²) in [4.78, 5) is 42.3. The number of aromatic nitrogens is 1. The first kappa shape index (κ1) is 24.6. The predicted molar refractivity (Wildman–Crippen MR) is 126 cm³/mol. The average Bonchev–Trinajstić information content (AvgIpc) is 3.20. The molecular weight excluding hydrogens is 463 g/mol. The molecular formula is C23H23FN4O5S. The molecule has 0 saturated heterocycles. The number of primary amides is 1. The molecule has 1 heterocycles. The van der Waals surface area contributed by atoms with Gasteiger partial charge in [0.15, 0.2) is 11.7 Å². The number of carbonyl (C=O) groups excluding carboxylic acids is 3. The first-order valence-electron chi connectivity index (χ1n) is 10.2. The number of halogens is 1. The zero-order valence-corrected chi connectivity index (χ0v) is 19.3. The van der Waals surface area contributed by atoms with Crippen LogP contribution < -0.4 is 21.1 Å². The summed E-state index contributed by atoms with van der Waals surface area (Å²) in [6, 6.07) is 10.8. The zero-order chi connectivity index (χ0) is 24.8. The Kier molecular flexibility index (Phi) is 7.79. The van der Waals surface area contributed by atoms with Gasteiger partial charge in [-0.15, -0.1) is 0 Å². The van der Waals surface area contributed by atoms with Crippen LogP contribution in [0.5, 0.6) is 5.75 Å². The summed E-state index contributed by atoms with van der Waals surface area (Å²) in [5.41, 5.74) is 12.3. The molecule has 0 aliphatic rings. The van der Waals surface area contributed by atoms with Gasteiger partial charge in [-0.2, -0.15) is 0 Å². The van der Waals surface area contributed by atoms with E-state index in [0.29, 0.717) is 17.0 Å². The molecule has 1 aromatic heterocycles. The van der Waals surface area contributed by atoms with Crippen molar-refractivity contribution in [2.24, 2.45) is 5.73 Å². The van der Waals surface area contributed by atoms with Crippen molar-refractivity contribution >= 4 is 45.6 Å². The second-order valence-electron chi connectivity index (χ2n) is 7.08. The second kappa shape index (κ2) is 10.8. The number of thiazole rings is 1. The van der Waals surface area contributed by atoms with E-state index in [1.54, 1.807) is 26.0 Å². The van der Waals surface area contributed by atoms with E-state index in [1.807, 2.05) is 0 Å². The van der Waals surface area contributed by atoms with Crippen LogP contribution in [0.1, 0.15) is 29.1 Å². The van der Waals surface area contributed by atoms with Crippen LogP contribution in [0, 0.1) is 5.82 Å². The molecule has 0 bridgehead atoms. The summed E-state index contributed by atoms with van der Waals surface area (Å²) in [7, 11) is 0. The van der Waals surface area contributed by atoms with E-state index in [4.69, 9.17) is 20.9 Å². The van der Waals surface area contributed by atoms with Gasteiger partial charge in [0.2, 0.25) is 11.7 Å². The van der Waals surface area contributed by atoms with Gasteiger partial charge < -0.3 is 25.8 Å². The Morgan fingerprint density at radius 3 is 2.35 bits per heavy atom. The van der Waals surface area contributed by atoms with Gasteiger partial charge in [0.05, 0.1) is 6.61 Å². The number of benzene rings is 2. The second-order valence-corrected chi connectivity index (χ2v) is 8.06. The van der Waals surface area contributed by atoms with E-state index >= 15 is 0 Å². The Hall–Kier alpha value is -3.99. The lowest BCUT2D eigenvalue weighted by molar-refractivity contribution is -0.145. The molecule has 1 amide bonds. The predicted octanol–water partition coefficient (Wildman–Crippen LogP) is 3.05. The third-order valence-corrected chi connectivity index (χ3v) is 5.81. The van der Waals surface area contributed by atoms with E-state index in [9.17, 15) is 18.8 Å². The highest BCUT2D eigenvalue weighted by Crippen LogP contribution is 2.36. The molecule has 11 heteroatoms. The van der Waals surface area contributed by atoms with E-state index < -0.39 is 23.7 Å². The molecule has 0 spiro atoms. The number of hydrogen-bond donors (Lipinski definition) is 2. The number of ketones is 1. The van der Waals surface area contributed by atoms with Gasteiger partial charge in [-0.1, -0.05) is 11.3 Å². The van der Waals surface area contributed by atoms with E-state index in [-0.39, 0.29) is 34.8 Å². The smallest absolute Gasteiger partial charge is 0.344 e. The monoisotopic (exact) mass is 486 g/mol. The number of amides is 1. The lowest BCUT2D eigenvalue weighted by atomic mass is 10.1. The largest absolute Gasteiger partial charge is 0.482 e. The Bertz CT molecular complexity index is 1180. The summed E-state index contributed by atoms with van der Waals surface area (Å²) in [6.07, 6.45) is 0. The first-order valence-corrected chi connectivity index (χ1v) is 11.1. The van der Waals surface area contributed by atoms with Gasteiger partial charge in [0.1, 0.15) is 28.3 Å². The summed E-state index contributed by atoms with van der Waals surface area (Å²) >= 11 is 0.985. The van der Waals surface area contributed by atoms with Gasteiger partial charge >= 0.3 is 5.97 Å². The van der Waals surface area contributed by atoms with Crippen LogP contribution in [0.2, 0.25) is 0 Å². The van der Waals surface area contributed by atoms with Crippen LogP contribution in [0.15, 0.2) is 48.5 Å². The molecule has 0 radical (unpaired) electrons. The quantitative estimate of drug-likeness (QED) is 0.329. The normalized spacial score (nSPS) is 11.5. The maximum Gasteiger partial charge on any atom is 0.344 e. The number of nitrogen functional groups attached to an aromatic ring is 1. The molecule has 0 fully saturated rings. The van der Waals surface area contributed by atoms with Crippen LogP contribution in [-0.2, 0) is 14.3 Å². The maximum atomic E-state index is 13.4. The number of carbonyl (C=O) groups is 3. The molecule has 3 rings (SSSR count). The summed E-state index contributed by atoms with van der Waals surface area (Å²) in [6.45, 7) is 3.27. The average molecular weight is 487 g/mol. The van der Waals surface area contributed by atoms with E-state index in [0.717, 1.165) is 11.3 Å². The number of hydrogen-bond acceptors (Lipinski definition) is 9. The number of nitrogens with two attached hydrogens (primary N) is 2. The molecule has 0 aliphatic heterocycles. The highest BCUT2D eigenvalue weighted by molar-refractivity contribution is 7.18. The minimum atomic E-state index is -0.838. The Balaban J connectivity index is 1.84. The molecule has 4 N–H and O–H groups in total. The van der Waals surface area contributed by atoms with Crippen molar-refractivity contribution in [1.29, 1.82) is 0 Å². The molecule has 0 aliphatic carbocycles. The SMILES string of the molecule is CCOC(=O)COc1ccc(C(=O)c2sc(N(c3ccc(F)cc3)[C@@H](C)C(N)=O)nc2N)cc1. The molecule has 1 atom stereocenters. The molecule has 2 aromatic carbocycles. The fourth-order valence-corrected chi connectivity index (χ4v) is 4.04. The number of esters is 1. The van der Waals surface area contributed by atoms with Gasteiger partial charge in [-0.25, -0.2) is 14.2 Å². The number of anilines is 3. The van der Waals surface area contributed by atoms with Crippen molar-refractivity contribution < 1.29 is 28.2 Å². The van der Waals surface area contributed by atoms with Crippen molar-refractivity contribution in [2.45, 2.75) is 19.9 Å². The fraction of sp³-hybridized carbons (Fsp3) is 0.217. The van der Waals surface area contributed by atoms with Crippen molar-refractivity contribution in [3.63, 3.8) is 0 Å². The molecule has 0 saturated carbocycles. The van der Waals surface area contributed by atoms with Gasteiger partial charge in [0, 0.05) is 11.3 Å². The molecule has 34 heavy (non-hydrogen) atoms. The van der Waals surface area contributed by atoms with Crippen LogP contribution in [0.4, 0.5) is 21.0 Å². The minimum absolute atomic E-state index is 0.0172. The molecule has 0 unspecified atom stereocenters. The fourth-order valence-electron chi connectivity index (χ4n) is 2.99. The van der Waals surface area contributed by atoms with Gasteiger partial charge in [0.25, 0.3) is 0 Å². The summed E-state index contributed by atoms with van der Waals surface area (Å²) in [5, 5.41) is 0.258. The van der Waals surface area contributed by atoms with E-state index in [1.165, 1.54) is 41.3 Å². The van der Waals surface area contributed by atoms with Crippen LogP contribution in [-0.4, -0.2) is 41.9 Å². The van der Waals surface area contributed by atoms with Crippen molar-refractivity contribution in [3.8, 4) is 5.75 Å². The van der Waals surface area contributed by atoms with Crippen molar-refractivity contribution in [3.05, 3.63) is 64.8 Å². The Morgan fingerprint density at radius 2 is 1.76 bits per heavy atom. The number of nitrogens with zero attached hydrogens (tertiary/aromatic N) is 2. The molecule has 3 aromatic rings. The molecule has 9 nitrogen and oxygen atoms in total. The number of rotatable bonds is 10. The number of ether oxygens (including phenoxy) is 2. The third kappa shape index (κ3) is 5.67. The maximum absolute atomic E-state index is 13.4. The Morgan fingerprint density at radius 1 is 1.12 bits per heavy atom. The Labute approximate surface area is 199 Å². The van der Waals surface area contributed by atoms with Crippen LogP contribution in [0.3, 0.4) is 0 Å². The topological polar surface area (TPSA) is 138 Å². The first-order chi connectivity index (χ1) is 16.2. The summed E-state index contributed by atoms with van der Waals surface area (Å²) in [5.74, 6) is -1.59. The highest BCUT2D eigenvalue weighted by Gasteiger charge is 2.27. The minimum Gasteiger partial charge on any atom is -0.482 e. The van der Waals surface area contributed by atoms with Crippen molar-refractivity contribution in [1.82, 2.24) is 4.98 Å². The van der Waals surface area contributed by atoms with Crippen molar-refractivity contribution in [2.75, 3.05) is 23.8 Å². The van der Waals surface area contributed by atoms with Crippen LogP contribution in [0.25, 0.3) is 0 Å². The van der Waals surface area contributed by atoms with E-state index in [2.05, 4.69) is 4.98 Å². The molecule has 178 valence electrons. The van der Waals surface area contributed by atoms with Crippen LogP contribution >= 0.6 is 11.3 Å².